The largest absolute Gasteiger partial charge is 0.507 e. The molecule has 0 saturated carbocycles. The number of aromatic hydroxyl groups is 4. The quantitative estimate of drug-likeness (QED) is 0.0416. The molecule has 0 spiro atoms. The zero-order valence-corrected chi connectivity index (χ0v) is 78.2. The average Bonchev–Trinajstić information content (AvgIpc) is 0.798. The van der Waals surface area contributed by atoms with Gasteiger partial charge in [0, 0.05) is 196 Å². The Hall–Kier alpha value is -14.7. The van der Waals surface area contributed by atoms with Crippen LogP contribution in [0.4, 0.5) is 69.5 Å². The molecule has 11 heterocycles. The number of pyridine rings is 4. The zero-order chi connectivity index (χ0) is 99.4. The first-order chi connectivity index (χ1) is 67.2. The third-order valence-electron chi connectivity index (χ3n) is 26.0. The van der Waals surface area contributed by atoms with Gasteiger partial charge in [-0.1, -0.05) is 117 Å². The van der Waals surface area contributed by atoms with Gasteiger partial charge >= 0.3 is 0 Å². The molecule has 8 N–H and O–H groups in total. The number of amides is 4. The number of ketones is 1. The molecule has 4 fully saturated rings. The maximum absolute atomic E-state index is 16.0. The van der Waals surface area contributed by atoms with Crippen molar-refractivity contribution in [3.8, 4) is 67.5 Å². The molecule has 0 unspecified atom stereocenters. The Kier molecular flexibility index (Phi) is 27.7. The molecule has 25 nitrogen and oxygen atoms in total. The van der Waals surface area contributed by atoms with Crippen molar-refractivity contribution in [2.24, 2.45) is 0 Å². The summed E-state index contributed by atoms with van der Waals surface area (Å²) in [6.45, 7) is 34.5. The van der Waals surface area contributed by atoms with E-state index in [1.807, 2.05) is 4.90 Å². The van der Waals surface area contributed by atoms with Crippen LogP contribution in [0.15, 0.2) is 185 Å². The Morgan fingerprint density at radius 2 is 0.671 bits per heavy atom. The number of phenols is 4. The highest BCUT2D eigenvalue weighted by Crippen LogP contribution is 2.52. The summed E-state index contributed by atoms with van der Waals surface area (Å²) in [5.74, 6) is -7.48. The van der Waals surface area contributed by atoms with E-state index in [1.54, 1.807) is 37.8 Å². The number of benzene rings is 8. The molecule has 7 aliphatic heterocycles. The van der Waals surface area contributed by atoms with Crippen LogP contribution in [-0.4, -0.2) is 194 Å². The van der Waals surface area contributed by atoms with Gasteiger partial charge in [-0.3, -0.25) is 24.0 Å². The number of carbonyl (C=O) groups excluding carboxylic acids is 5. The van der Waals surface area contributed by atoms with Crippen molar-refractivity contribution in [1.29, 1.82) is 0 Å². The van der Waals surface area contributed by atoms with Crippen molar-refractivity contribution in [2.75, 3.05) is 135 Å². The van der Waals surface area contributed by atoms with E-state index in [2.05, 4.69) is 102 Å². The number of hydrogen-bond acceptors (Lipinski definition) is 21. The molecule has 0 atom stereocenters. The topological polar surface area (TPSA) is 292 Å². The lowest BCUT2D eigenvalue weighted by atomic mass is 9.90. The van der Waals surface area contributed by atoms with Gasteiger partial charge in [-0.05, 0) is 123 Å². The molecule has 4 saturated heterocycles. The summed E-state index contributed by atoms with van der Waals surface area (Å²) in [7, 11) is 0. The van der Waals surface area contributed by atoms with Crippen LogP contribution in [0, 0.1) is 46.5 Å². The summed E-state index contributed by atoms with van der Waals surface area (Å²) in [5, 5.41) is 55.2. The van der Waals surface area contributed by atoms with Gasteiger partial charge in [0.15, 0.2) is 29.1 Å². The molecule has 4 amide bonds. The van der Waals surface area contributed by atoms with Crippen LogP contribution >= 0.6 is 46.4 Å². The lowest BCUT2D eigenvalue weighted by Crippen LogP contribution is -2.49. The van der Waals surface area contributed by atoms with Crippen LogP contribution in [0.3, 0.4) is 0 Å². The van der Waals surface area contributed by atoms with E-state index in [4.69, 9.17) is 46.4 Å². The van der Waals surface area contributed by atoms with Crippen LogP contribution in [0.5, 0.6) is 23.0 Å². The molecule has 0 bridgehead atoms. The first-order valence-corrected chi connectivity index (χ1v) is 46.3. The van der Waals surface area contributed by atoms with E-state index in [1.165, 1.54) is 78.9 Å². The Bertz CT molecular complexity index is 7010. The Balaban J connectivity index is 0.000000129. The number of anilines is 6. The van der Waals surface area contributed by atoms with E-state index >= 15 is 17.6 Å². The summed E-state index contributed by atoms with van der Waals surface area (Å²) in [6.07, 6.45) is 8.45. The van der Waals surface area contributed by atoms with Crippen molar-refractivity contribution >= 4 is 154 Å². The monoisotopic (exact) mass is 1990 g/mol. The molecule has 8 aromatic carbocycles. The first kappa shape index (κ1) is 97.0. The summed E-state index contributed by atoms with van der Waals surface area (Å²) in [6, 6.07) is 21.1. The number of fused-ring (bicyclic) bond motifs is 8. The van der Waals surface area contributed by atoms with Crippen molar-refractivity contribution in [2.45, 2.75) is 51.6 Å². The molecule has 20 rings (SSSR count). The number of aryl methyl sites for hydroxylation is 1. The summed E-state index contributed by atoms with van der Waals surface area (Å²) in [5.41, 5.74) is 6.29. The molecule has 140 heavy (non-hydrogen) atoms. The number of Topliss-reactive ketones (excluding diaryl/α,β-unsaturated/α-hetero) is 1. The van der Waals surface area contributed by atoms with Crippen LogP contribution in [-0.2, 0) is 51.5 Å². The van der Waals surface area contributed by atoms with Gasteiger partial charge in [-0.25, -0.2) is 55.1 Å². The Morgan fingerprint density at radius 1 is 0.350 bits per heavy atom. The van der Waals surface area contributed by atoms with Crippen LogP contribution in [0.25, 0.3) is 88.1 Å². The maximum atomic E-state index is 16.0. The molecule has 1 aliphatic carbocycles. The molecular formula is C103H90Cl4F8N16O9. The third kappa shape index (κ3) is 18.2. The van der Waals surface area contributed by atoms with E-state index in [0.717, 1.165) is 63.7 Å². The highest BCUT2D eigenvalue weighted by molar-refractivity contribution is 6.37. The summed E-state index contributed by atoms with van der Waals surface area (Å²) in [4.78, 5) is 94.3. The predicted octanol–water partition coefficient (Wildman–Crippen LogP) is 19.0. The number of rotatable bonds is 12. The van der Waals surface area contributed by atoms with E-state index in [0.29, 0.717) is 224 Å². The van der Waals surface area contributed by atoms with Gasteiger partial charge in [-0.15, -0.1) is 0 Å². The molecule has 12 aromatic rings. The number of halogens is 12. The van der Waals surface area contributed by atoms with Crippen LogP contribution in [0.1, 0.15) is 57.7 Å². The summed E-state index contributed by atoms with van der Waals surface area (Å²) >= 11 is 26.1. The fourth-order valence-corrected chi connectivity index (χ4v) is 20.4. The highest BCUT2D eigenvalue weighted by atomic mass is 35.5. The van der Waals surface area contributed by atoms with Gasteiger partial charge in [0.25, 0.3) is 0 Å². The second kappa shape index (κ2) is 40.0. The number of phenolic OH excluding ortho intramolecular Hbond substituents is 4. The smallest absolute Gasteiger partial charge is 0.246 e. The van der Waals surface area contributed by atoms with E-state index in [-0.39, 0.29) is 116 Å². The minimum Gasteiger partial charge on any atom is -0.507 e. The number of hydrogen-bond donors (Lipinski definition) is 8. The molecule has 4 aromatic heterocycles. The van der Waals surface area contributed by atoms with Gasteiger partial charge in [0.05, 0.1) is 94.4 Å². The number of piperazine rings is 4. The SMILES string of the molecule is C=CC(=O)N1CCN(c2c3c(nc4c(F)c(-c5c(O)cccc5F)c(Cl)cc24)CCCC3=O)CC1.C=CC(=O)N1CCN(c2c3c(nc4c(F)c(-c5c(O)cccc5F)c(Cl)cc24)CNC(=C)C3)CC1.C=CC(=O)N1CCN(c2c3c(nc4c(F)c(-c5c(O)cccc5F)c(Cl)cc24)NC(=C)CC3)CC1.C=CC(=O)N1CCN(c2c3c(nc4c(F)c(-c5c(O)cccc5F)c(Cl)cc24)NC(=C)NC3)CC1. The highest BCUT2D eigenvalue weighted by Gasteiger charge is 2.39. The fraction of sp³-hybridized carbons (Fsp3) is 0.233. The fourth-order valence-electron chi connectivity index (χ4n) is 19.3. The number of nitrogens with zero attached hydrogens (tertiary/aromatic N) is 12. The van der Waals surface area contributed by atoms with Crippen molar-refractivity contribution < 1.29 is 79.5 Å². The molecular weight excluding hydrogens is 1900 g/mol. The van der Waals surface area contributed by atoms with Crippen molar-refractivity contribution in [3.63, 3.8) is 0 Å². The first-order valence-electron chi connectivity index (χ1n) is 44.7. The average molecular weight is 1990 g/mol. The van der Waals surface area contributed by atoms with Gasteiger partial charge < -0.3 is 80.9 Å². The predicted molar refractivity (Wildman–Crippen MR) is 529 cm³/mol. The third-order valence-corrected chi connectivity index (χ3v) is 27.2. The van der Waals surface area contributed by atoms with Gasteiger partial charge in [-0.2, -0.15) is 0 Å². The van der Waals surface area contributed by atoms with E-state index < -0.39 is 69.5 Å². The lowest BCUT2D eigenvalue weighted by molar-refractivity contribution is -0.127. The van der Waals surface area contributed by atoms with Crippen LogP contribution < -0.4 is 40.9 Å². The zero-order valence-electron chi connectivity index (χ0n) is 75.2. The Morgan fingerprint density at radius 3 is 1.03 bits per heavy atom. The van der Waals surface area contributed by atoms with Crippen LogP contribution in [0.2, 0.25) is 20.1 Å². The number of nitrogens with one attached hydrogen (secondary N) is 4. The molecule has 720 valence electrons. The van der Waals surface area contributed by atoms with E-state index in [9.17, 15) is 62.0 Å². The van der Waals surface area contributed by atoms with Gasteiger partial charge in [0.2, 0.25) is 23.6 Å². The minimum absolute atomic E-state index is 0.00704. The molecule has 8 aliphatic rings. The number of allylic oxidation sites excluding steroid dienone is 2. The standard InChI is InChI=1S/2C26H23ClF2N4O2.C26H22ClF2N3O3.C25H22ClF2N5O2/c1-3-21(35)32-7-9-33(10-8-32)26-15-11-14(2)30-13-19(15)31-25-16(26)12-17(27)22(24(25)29)23-18(28)5-4-6-20(23)34;1-3-20(35)32-9-11-33(12-10-32)25-15-8-7-14(2)30-26(15)31-24-16(25)13-17(27)21(23(24)29)22-18(28)5-4-6-19(22)34;1-2-20(35)31-9-11-32(12-10-31)26-14-13-15(27)21(22-16(28)5-3-7-18(22)33)24(29)25(14)30-17-6-4-8-19(34)23(17)26;1-3-19(35)32-7-9-33(10-8-32)24-14-11-16(26)20(21-17(27)5-4-6-18(21)34)22(28)23(14)31-25-15(24)12-29-13(2)30-25/h3-6,12,30,34H,1-2,7-11,13H2;3-6,13,34H,1-2,7-12H2,(H,30,31);2-3,5,7,13,33H,1,4,6,8-12H2;3-6,11,29,34H,1-2,7-10,12H2,(H,30,31). The molecule has 37 heteroatoms. The van der Waals surface area contributed by atoms with Gasteiger partial charge in [0.1, 0.15) is 80.0 Å². The second-order valence-corrected chi connectivity index (χ2v) is 35.8. The lowest BCUT2D eigenvalue weighted by Gasteiger charge is -2.38. The second-order valence-electron chi connectivity index (χ2n) is 34.2. The summed E-state index contributed by atoms with van der Waals surface area (Å²) < 4.78 is 123. The van der Waals surface area contributed by atoms with Crippen molar-refractivity contribution in [3.05, 3.63) is 285 Å². The normalized spacial score (nSPS) is 15.7. The maximum Gasteiger partial charge on any atom is 0.246 e. The van der Waals surface area contributed by atoms with Crippen molar-refractivity contribution in [1.82, 2.24) is 50.2 Å². The minimum atomic E-state index is -0.865. The number of aromatic nitrogens is 4. The Labute approximate surface area is 817 Å². The molecule has 0 radical (unpaired) electrons. The number of carbonyl (C=O) groups is 5.